The molecule has 0 radical (unpaired) electrons. The third-order valence-corrected chi connectivity index (χ3v) is 5.14. The van der Waals surface area contributed by atoms with E-state index in [9.17, 15) is 4.79 Å². The molecular weight excluding hydrogens is 296 g/mol. The molecule has 3 rings (SSSR count). The van der Waals surface area contributed by atoms with Gasteiger partial charge in [-0.3, -0.25) is 9.69 Å². The quantitative estimate of drug-likeness (QED) is 0.890. The molecule has 1 heterocycles. The van der Waals surface area contributed by atoms with Crippen LogP contribution in [0.25, 0.3) is 5.70 Å². The molecule has 0 spiro atoms. The summed E-state index contributed by atoms with van der Waals surface area (Å²) in [5, 5.41) is 3.21. The largest absolute Gasteiger partial charge is 0.324 e. The van der Waals surface area contributed by atoms with E-state index in [2.05, 4.69) is 41.9 Å². The minimum absolute atomic E-state index is 0.102. The van der Waals surface area contributed by atoms with Crippen LogP contribution in [-0.2, 0) is 11.2 Å². The van der Waals surface area contributed by atoms with Crippen molar-refractivity contribution in [3.05, 3.63) is 53.1 Å². The molecule has 1 aliphatic carbocycles. The molecule has 1 aliphatic heterocycles. The number of likely N-dealkylation sites (tertiary alicyclic amines) is 1. The van der Waals surface area contributed by atoms with Crippen LogP contribution in [0.4, 0.5) is 0 Å². The van der Waals surface area contributed by atoms with E-state index in [0.717, 1.165) is 42.8 Å². The van der Waals surface area contributed by atoms with Crippen molar-refractivity contribution in [1.82, 2.24) is 10.2 Å². The molecule has 0 bridgehead atoms. The molecule has 0 saturated carbocycles. The first-order valence-corrected chi connectivity index (χ1v) is 9.21. The summed E-state index contributed by atoms with van der Waals surface area (Å²) in [6.07, 6.45) is 6.78. The molecule has 0 aromatic heterocycles. The number of hydrogen-bond acceptors (Lipinski definition) is 2. The van der Waals surface area contributed by atoms with E-state index >= 15 is 0 Å². The van der Waals surface area contributed by atoms with Crippen LogP contribution in [0.5, 0.6) is 0 Å². The lowest BCUT2D eigenvalue weighted by Crippen LogP contribution is -2.37. The number of amides is 1. The SMILES string of the molecule is C=C(CC)C1=C(NC(=O)CN2CCCCCC2)c2ccccc2C1. The number of benzene rings is 1. The number of carbonyl (C=O) groups excluding carboxylic acids is 1. The van der Waals surface area contributed by atoms with Gasteiger partial charge in [0, 0.05) is 12.0 Å². The van der Waals surface area contributed by atoms with Crippen molar-refractivity contribution in [2.45, 2.75) is 45.4 Å². The summed E-state index contributed by atoms with van der Waals surface area (Å²) in [6.45, 7) is 8.90. The van der Waals surface area contributed by atoms with Crippen molar-refractivity contribution < 1.29 is 4.79 Å². The average molecular weight is 324 g/mol. The Kier molecular flexibility index (Phi) is 5.52. The zero-order valence-corrected chi connectivity index (χ0v) is 14.7. The number of rotatable bonds is 5. The van der Waals surface area contributed by atoms with Crippen LogP contribution in [0.15, 0.2) is 42.0 Å². The van der Waals surface area contributed by atoms with Gasteiger partial charge in [0.15, 0.2) is 0 Å². The monoisotopic (exact) mass is 324 g/mol. The molecule has 0 atom stereocenters. The van der Waals surface area contributed by atoms with Crippen LogP contribution < -0.4 is 5.32 Å². The summed E-state index contributed by atoms with van der Waals surface area (Å²) >= 11 is 0. The van der Waals surface area contributed by atoms with Gasteiger partial charge in [0.05, 0.1) is 12.2 Å². The zero-order valence-electron chi connectivity index (χ0n) is 14.7. The highest BCUT2D eigenvalue weighted by Gasteiger charge is 2.24. The molecule has 128 valence electrons. The lowest BCUT2D eigenvalue weighted by atomic mass is 10.0. The molecule has 2 aliphatic rings. The molecule has 1 N–H and O–H groups in total. The normalized spacial score (nSPS) is 18.2. The van der Waals surface area contributed by atoms with Gasteiger partial charge in [-0.15, -0.1) is 0 Å². The van der Waals surface area contributed by atoms with Crippen molar-refractivity contribution in [2.75, 3.05) is 19.6 Å². The van der Waals surface area contributed by atoms with Crippen LogP contribution in [-0.4, -0.2) is 30.4 Å². The minimum atomic E-state index is 0.102. The van der Waals surface area contributed by atoms with Crippen molar-refractivity contribution in [2.24, 2.45) is 0 Å². The number of hydrogen-bond donors (Lipinski definition) is 1. The topological polar surface area (TPSA) is 32.3 Å². The van der Waals surface area contributed by atoms with Crippen LogP contribution in [0, 0.1) is 0 Å². The Bertz CT molecular complexity index is 652. The average Bonchev–Trinajstić information content (AvgIpc) is 2.76. The molecule has 1 amide bonds. The van der Waals surface area contributed by atoms with Gasteiger partial charge in [-0.1, -0.05) is 50.6 Å². The predicted molar refractivity (Wildman–Crippen MR) is 99.5 cm³/mol. The summed E-state index contributed by atoms with van der Waals surface area (Å²) in [5.74, 6) is 0.102. The van der Waals surface area contributed by atoms with Gasteiger partial charge in [-0.05, 0) is 49.1 Å². The van der Waals surface area contributed by atoms with Gasteiger partial charge in [-0.25, -0.2) is 0 Å². The summed E-state index contributed by atoms with van der Waals surface area (Å²) < 4.78 is 0. The molecule has 1 saturated heterocycles. The van der Waals surface area contributed by atoms with E-state index in [1.807, 2.05) is 6.07 Å². The molecule has 0 unspecified atom stereocenters. The van der Waals surface area contributed by atoms with E-state index in [4.69, 9.17) is 0 Å². The van der Waals surface area contributed by atoms with Crippen molar-refractivity contribution in [1.29, 1.82) is 0 Å². The van der Waals surface area contributed by atoms with Crippen molar-refractivity contribution in [3.8, 4) is 0 Å². The number of carbonyl (C=O) groups is 1. The van der Waals surface area contributed by atoms with Crippen LogP contribution in [0.1, 0.15) is 50.2 Å². The van der Waals surface area contributed by atoms with Gasteiger partial charge in [0.1, 0.15) is 0 Å². The van der Waals surface area contributed by atoms with Gasteiger partial charge in [0.25, 0.3) is 0 Å². The number of nitrogens with one attached hydrogen (secondary N) is 1. The minimum Gasteiger partial charge on any atom is -0.324 e. The Morgan fingerprint density at radius 3 is 2.58 bits per heavy atom. The maximum Gasteiger partial charge on any atom is 0.238 e. The number of fused-ring (bicyclic) bond motifs is 1. The maximum absolute atomic E-state index is 12.6. The van der Waals surface area contributed by atoms with E-state index in [-0.39, 0.29) is 5.91 Å². The van der Waals surface area contributed by atoms with Gasteiger partial charge in [-0.2, -0.15) is 0 Å². The standard InChI is InChI=1S/C21H28N2O/c1-3-16(2)19-14-17-10-6-7-11-18(17)21(19)22-20(24)15-23-12-8-4-5-9-13-23/h6-7,10-11H,2-5,8-9,12-15H2,1H3,(H,22,24). The second-order valence-corrected chi connectivity index (χ2v) is 6.88. The molecule has 3 nitrogen and oxygen atoms in total. The number of allylic oxidation sites excluding steroid dienone is 2. The first kappa shape index (κ1) is 17.0. The second kappa shape index (κ2) is 7.80. The van der Waals surface area contributed by atoms with Gasteiger partial charge >= 0.3 is 0 Å². The number of nitrogens with zero attached hydrogens (tertiary/aromatic N) is 1. The Morgan fingerprint density at radius 2 is 1.88 bits per heavy atom. The summed E-state index contributed by atoms with van der Waals surface area (Å²) in [7, 11) is 0. The van der Waals surface area contributed by atoms with Crippen LogP contribution >= 0.6 is 0 Å². The molecule has 3 heteroatoms. The Hall–Kier alpha value is -1.87. The van der Waals surface area contributed by atoms with E-state index in [1.54, 1.807) is 0 Å². The van der Waals surface area contributed by atoms with Gasteiger partial charge in [0.2, 0.25) is 5.91 Å². The smallest absolute Gasteiger partial charge is 0.238 e. The Labute approximate surface area is 145 Å². The Balaban J connectivity index is 1.74. The fraction of sp³-hybridized carbons (Fsp3) is 0.476. The highest BCUT2D eigenvalue weighted by molar-refractivity contribution is 5.92. The molecule has 1 aromatic carbocycles. The van der Waals surface area contributed by atoms with E-state index in [1.165, 1.54) is 36.8 Å². The molecular formula is C21H28N2O. The lowest BCUT2D eigenvalue weighted by molar-refractivity contribution is -0.121. The fourth-order valence-corrected chi connectivity index (χ4v) is 3.69. The maximum atomic E-state index is 12.6. The first-order valence-electron chi connectivity index (χ1n) is 9.21. The highest BCUT2D eigenvalue weighted by atomic mass is 16.2. The molecule has 1 fully saturated rings. The predicted octanol–water partition coefficient (Wildman–Crippen LogP) is 3.91. The van der Waals surface area contributed by atoms with E-state index in [0.29, 0.717) is 6.54 Å². The third-order valence-electron chi connectivity index (χ3n) is 5.14. The zero-order chi connectivity index (χ0) is 16.9. The summed E-state index contributed by atoms with van der Waals surface area (Å²) in [5.41, 5.74) is 5.75. The molecule has 24 heavy (non-hydrogen) atoms. The second-order valence-electron chi connectivity index (χ2n) is 6.88. The van der Waals surface area contributed by atoms with Crippen LogP contribution in [0.2, 0.25) is 0 Å². The molecule has 1 aromatic rings. The summed E-state index contributed by atoms with van der Waals surface area (Å²) in [6, 6.07) is 8.35. The van der Waals surface area contributed by atoms with Crippen LogP contribution in [0.3, 0.4) is 0 Å². The van der Waals surface area contributed by atoms with Crippen molar-refractivity contribution in [3.63, 3.8) is 0 Å². The first-order chi connectivity index (χ1) is 11.7. The van der Waals surface area contributed by atoms with Gasteiger partial charge < -0.3 is 5.32 Å². The van der Waals surface area contributed by atoms with Crippen molar-refractivity contribution >= 4 is 11.6 Å². The van der Waals surface area contributed by atoms with E-state index < -0.39 is 0 Å². The summed E-state index contributed by atoms with van der Waals surface area (Å²) in [4.78, 5) is 14.9. The lowest BCUT2D eigenvalue weighted by Gasteiger charge is -2.20. The fourth-order valence-electron chi connectivity index (χ4n) is 3.69. The highest BCUT2D eigenvalue weighted by Crippen LogP contribution is 2.35. The third kappa shape index (κ3) is 3.78. The Morgan fingerprint density at radius 1 is 1.17 bits per heavy atom.